The van der Waals surface area contributed by atoms with Crippen LogP contribution in [-0.2, 0) is 6.54 Å². The standard InChI is InChI=1S/C15H23BrN2/c1-18-11-5-4-7-14(18)9-10-17-12-13-6-2-3-8-15(13)16/h2-3,6,8,14,17H,4-5,7,9-12H2,1H3. The van der Waals surface area contributed by atoms with E-state index in [-0.39, 0.29) is 0 Å². The van der Waals surface area contributed by atoms with E-state index < -0.39 is 0 Å². The lowest BCUT2D eigenvalue weighted by Crippen LogP contribution is -2.38. The second-order valence-corrected chi connectivity index (χ2v) is 6.04. The first-order chi connectivity index (χ1) is 8.77. The third kappa shape index (κ3) is 4.08. The molecular weight excluding hydrogens is 288 g/mol. The van der Waals surface area contributed by atoms with Crippen molar-refractivity contribution in [2.75, 3.05) is 20.1 Å². The van der Waals surface area contributed by atoms with Crippen molar-refractivity contribution < 1.29 is 0 Å². The van der Waals surface area contributed by atoms with Crippen LogP contribution in [0.3, 0.4) is 0 Å². The minimum Gasteiger partial charge on any atom is -0.313 e. The molecule has 0 amide bonds. The van der Waals surface area contributed by atoms with Crippen LogP contribution in [0.25, 0.3) is 0 Å². The zero-order valence-electron chi connectivity index (χ0n) is 11.2. The van der Waals surface area contributed by atoms with Gasteiger partial charge in [-0.25, -0.2) is 0 Å². The maximum atomic E-state index is 3.59. The number of halogens is 1. The Balaban J connectivity index is 1.68. The van der Waals surface area contributed by atoms with Crippen LogP contribution in [0.15, 0.2) is 28.7 Å². The maximum absolute atomic E-state index is 3.59. The van der Waals surface area contributed by atoms with Gasteiger partial charge in [0.15, 0.2) is 0 Å². The topological polar surface area (TPSA) is 15.3 Å². The van der Waals surface area contributed by atoms with Crippen LogP contribution >= 0.6 is 15.9 Å². The molecule has 1 unspecified atom stereocenters. The molecule has 0 aromatic heterocycles. The average Bonchev–Trinajstić information content (AvgIpc) is 2.38. The third-order valence-corrected chi connectivity index (χ3v) is 4.62. The monoisotopic (exact) mass is 310 g/mol. The van der Waals surface area contributed by atoms with E-state index in [1.54, 1.807) is 0 Å². The summed E-state index contributed by atoms with van der Waals surface area (Å²) in [6, 6.07) is 9.21. The SMILES string of the molecule is CN1CCCCC1CCNCc1ccccc1Br. The number of likely N-dealkylation sites (tertiary alicyclic amines) is 1. The highest BCUT2D eigenvalue weighted by Crippen LogP contribution is 2.18. The zero-order chi connectivity index (χ0) is 12.8. The van der Waals surface area contributed by atoms with Crippen LogP contribution in [0.1, 0.15) is 31.2 Å². The number of hydrogen-bond acceptors (Lipinski definition) is 2. The molecule has 100 valence electrons. The van der Waals surface area contributed by atoms with Crippen LogP contribution in [0.5, 0.6) is 0 Å². The molecule has 2 nitrogen and oxygen atoms in total. The van der Waals surface area contributed by atoms with Gasteiger partial charge >= 0.3 is 0 Å². The molecule has 0 spiro atoms. The van der Waals surface area contributed by atoms with E-state index in [1.807, 2.05) is 0 Å². The molecule has 1 saturated heterocycles. The van der Waals surface area contributed by atoms with Gasteiger partial charge < -0.3 is 10.2 Å². The zero-order valence-corrected chi connectivity index (χ0v) is 12.7. The fourth-order valence-electron chi connectivity index (χ4n) is 2.64. The van der Waals surface area contributed by atoms with E-state index >= 15 is 0 Å². The predicted octanol–water partition coefficient (Wildman–Crippen LogP) is 3.41. The summed E-state index contributed by atoms with van der Waals surface area (Å²) >= 11 is 3.59. The molecule has 0 radical (unpaired) electrons. The van der Waals surface area contributed by atoms with E-state index in [0.29, 0.717) is 0 Å². The van der Waals surface area contributed by atoms with Crippen LogP contribution < -0.4 is 5.32 Å². The predicted molar refractivity (Wildman–Crippen MR) is 80.7 cm³/mol. The second kappa shape index (κ2) is 7.27. The molecular formula is C15H23BrN2. The summed E-state index contributed by atoms with van der Waals surface area (Å²) in [6.07, 6.45) is 5.41. The molecule has 0 aliphatic carbocycles. The summed E-state index contributed by atoms with van der Waals surface area (Å²) in [7, 11) is 2.26. The van der Waals surface area contributed by atoms with Gasteiger partial charge in [-0.05, 0) is 51.0 Å². The van der Waals surface area contributed by atoms with Crippen LogP contribution in [0, 0.1) is 0 Å². The molecule has 1 fully saturated rings. The summed E-state index contributed by atoms with van der Waals surface area (Å²) in [5.41, 5.74) is 1.34. The van der Waals surface area contributed by atoms with Crippen molar-refractivity contribution in [1.82, 2.24) is 10.2 Å². The Hall–Kier alpha value is -0.380. The Bertz CT molecular complexity index is 367. The number of nitrogens with one attached hydrogen (secondary N) is 1. The summed E-state index contributed by atoms with van der Waals surface area (Å²) in [5.74, 6) is 0. The Labute approximate surface area is 119 Å². The Morgan fingerprint density at radius 2 is 2.17 bits per heavy atom. The van der Waals surface area contributed by atoms with Crippen molar-refractivity contribution in [2.45, 2.75) is 38.3 Å². The molecule has 18 heavy (non-hydrogen) atoms. The normalized spacial score (nSPS) is 21.1. The highest BCUT2D eigenvalue weighted by atomic mass is 79.9. The van der Waals surface area contributed by atoms with Crippen LogP contribution in [-0.4, -0.2) is 31.1 Å². The van der Waals surface area contributed by atoms with E-state index in [0.717, 1.165) is 19.1 Å². The molecule has 1 aliphatic rings. The lowest BCUT2D eigenvalue weighted by molar-refractivity contribution is 0.175. The van der Waals surface area contributed by atoms with Crippen molar-refractivity contribution in [3.63, 3.8) is 0 Å². The number of hydrogen-bond donors (Lipinski definition) is 1. The molecule has 1 aliphatic heterocycles. The van der Waals surface area contributed by atoms with Gasteiger partial charge in [0.2, 0.25) is 0 Å². The quantitative estimate of drug-likeness (QED) is 0.838. The number of piperidine rings is 1. The minimum absolute atomic E-state index is 0.783. The van der Waals surface area contributed by atoms with Crippen LogP contribution in [0.2, 0.25) is 0 Å². The van der Waals surface area contributed by atoms with Gasteiger partial charge in [-0.2, -0.15) is 0 Å². The second-order valence-electron chi connectivity index (χ2n) is 5.19. The molecule has 1 atom stereocenters. The highest BCUT2D eigenvalue weighted by Gasteiger charge is 2.17. The van der Waals surface area contributed by atoms with Crippen molar-refractivity contribution in [1.29, 1.82) is 0 Å². The summed E-state index contributed by atoms with van der Waals surface area (Å²) < 4.78 is 1.20. The maximum Gasteiger partial charge on any atom is 0.0220 e. The molecule has 1 aromatic rings. The molecule has 1 aromatic carbocycles. The first kappa shape index (κ1) is 14.0. The smallest absolute Gasteiger partial charge is 0.0220 e. The summed E-state index contributed by atoms with van der Waals surface area (Å²) in [4.78, 5) is 2.52. The Morgan fingerprint density at radius 1 is 1.33 bits per heavy atom. The fourth-order valence-corrected chi connectivity index (χ4v) is 3.07. The number of benzene rings is 1. The van der Waals surface area contributed by atoms with Crippen molar-refractivity contribution >= 4 is 15.9 Å². The Morgan fingerprint density at radius 3 is 2.94 bits per heavy atom. The first-order valence-corrected chi connectivity index (χ1v) is 7.71. The van der Waals surface area contributed by atoms with E-state index in [1.165, 1.54) is 42.3 Å². The molecule has 0 bridgehead atoms. The fraction of sp³-hybridized carbons (Fsp3) is 0.600. The first-order valence-electron chi connectivity index (χ1n) is 6.92. The molecule has 3 heteroatoms. The Kier molecular flexibility index (Phi) is 5.67. The van der Waals surface area contributed by atoms with Gasteiger partial charge in [0.25, 0.3) is 0 Å². The lowest BCUT2D eigenvalue weighted by atomic mass is 10.0. The number of rotatable bonds is 5. The van der Waals surface area contributed by atoms with E-state index in [4.69, 9.17) is 0 Å². The van der Waals surface area contributed by atoms with E-state index in [2.05, 4.69) is 57.5 Å². The summed E-state index contributed by atoms with van der Waals surface area (Å²) in [6.45, 7) is 3.34. The van der Waals surface area contributed by atoms with Gasteiger partial charge in [-0.1, -0.05) is 40.5 Å². The minimum atomic E-state index is 0.783. The van der Waals surface area contributed by atoms with Gasteiger partial charge in [-0.15, -0.1) is 0 Å². The van der Waals surface area contributed by atoms with Gasteiger partial charge in [-0.3, -0.25) is 0 Å². The largest absolute Gasteiger partial charge is 0.313 e. The molecule has 1 heterocycles. The van der Waals surface area contributed by atoms with Gasteiger partial charge in [0.1, 0.15) is 0 Å². The average molecular weight is 311 g/mol. The molecule has 0 saturated carbocycles. The van der Waals surface area contributed by atoms with Gasteiger partial charge in [0, 0.05) is 17.1 Å². The highest BCUT2D eigenvalue weighted by molar-refractivity contribution is 9.10. The number of nitrogens with zero attached hydrogens (tertiary/aromatic N) is 1. The molecule has 2 rings (SSSR count). The van der Waals surface area contributed by atoms with E-state index in [9.17, 15) is 0 Å². The third-order valence-electron chi connectivity index (χ3n) is 3.85. The van der Waals surface area contributed by atoms with Crippen molar-refractivity contribution in [3.05, 3.63) is 34.3 Å². The van der Waals surface area contributed by atoms with Gasteiger partial charge in [0.05, 0.1) is 0 Å². The van der Waals surface area contributed by atoms with Crippen molar-refractivity contribution in [2.24, 2.45) is 0 Å². The lowest BCUT2D eigenvalue weighted by Gasteiger charge is -2.32. The molecule has 1 N–H and O–H groups in total. The van der Waals surface area contributed by atoms with Crippen molar-refractivity contribution in [3.8, 4) is 0 Å². The summed E-state index contributed by atoms with van der Waals surface area (Å²) in [5, 5.41) is 3.55. The van der Waals surface area contributed by atoms with Crippen LogP contribution in [0.4, 0.5) is 0 Å².